The molecule has 1 atom stereocenters. The van der Waals surface area contributed by atoms with Crippen molar-refractivity contribution in [3.8, 4) is 11.5 Å². The van der Waals surface area contributed by atoms with Gasteiger partial charge in [0.05, 0.1) is 12.6 Å². The summed E-state index contributed by atoms with van der Waals surface area (Å²) in [4.78, 5) is 0. The molecule has 0 spiro atoms. The molecule has 4 heteroatoms. The molecule has 3 rings (SSSR count). The maximum Gasteiger partial charge on any atom is 0.126 e. The average Bonchev–Trinajstić information content (AvgIpc) is 2.85. The summed E-state index contributed by atoms with van der Waals surface area (Å²) in [6.45, 7) is 2.66. The lowest BCUT2D eigenvalue weighted by molar-refractivity contribution is 0.357. The summed E-state index contributed by atoms with van der Waals surface area (Å²) < 4.78 is 18.5. The summed E-state index contributed by atoms with van der Waals surface area (Å²) in [5.41, 5.74) is 2.82. The fraction of sp³-hybridized carbons (Fsp3) is 0.250. The van der Waals surface area contributed by atoms with Crippen LogP contribution in [0.1, 0.15) is 24.1 Å². The zero-order chi connectivity index (χ0) is 14.1. The Morgan fingerprint density at radius 2 is 2.10 bits per heavy atom. The van der Waals surface area contributed by atoms with Gasteiger partial charge in [-0.3, -0.25) is 0 Å². The minimum Gasteiger partial charge on any atom is -0.507 e. The monoisotopic (exact) mass is 273 g/mol. The Balaban J connectivity index is 1.80. The molecule has 20 heavy (non-hydrogen) atoms. The minimum atomic E-state index is -0.437. The first-order valence-corrected chi connectivity index (χ1v) is 6.64. The molecule has 0 aromatic heterocycles. The SMILES string of the molecule is CC(Nc1ccc2c(c1)CCO2)c1ccc(F)cc1O. The van der Waals surface area contributed by atoms with Crippen molar-refractivity contribution in [2.24, 2.45) is 0 Å². The maximum atomic E-state index is 13.0. The third-order valence-corrected chi connectivity index (χ3v) is 3.53. The van der Waals surface area contributed by atoms with Crippen LogP contribution in [-0.2, 0) is 6.42 Å². The van der Waals surface area contributed by atoms with Crippen LogP contribution in [0.3, 0.4) is 0 Å². The number of halogens is 1. The third-order valence-electron chi connectivity index (χ3n) is 3.53. The van der Waals surface area contributed by atoms with E-state index in [9.17, 15) is 9.50 Å². The van der Waals surface area contributed by atoms with Gasteiger partial charge in [-0.15, -0.1) is 0 Å². The molecule has 0 amide bonds. The molecular formula is C16H16FNO2. The van der Waals surface area contributed by atoms with Crippen molar-refractivity contribution in [2.75, 3.05) is 11.9 Å². The molecule has 3 nitrogen and oxygen atoms in total. The van der Waals surface area contributed by atoms with Gasteiger partial charge in [-0.2, -0.15) is 0 Å². The molecule has 1 aliphatic heterocycles. The number of ether oxygens (including phenoxy) is 1. The smallest absolute Gasteiger partial charge is 0.126 e. The number of phenolic OH excluding ortho intramolecular Hbond substituents is 1. The first-order chi connectivity index (χ1) is 9.63. The van der Waals surface area contributed by atoms with E-state index in [2.05, 4.69) is 11.4 Å². The fourth-order valence-electron chi connectivity index (χ4n) is 2.49. The van der Waals surface area contributed by atoms with Crippen molar-refractivity contribution in [1.29, 1.82) is 0 Å². The number of fused-ring (bicyclic) bond motifs is 1. The van der Waals surface area contributed by atoms with Gasteiger partial charge in [-0.05, 0) is 36.8 Å². The predicted molar refractivity (Wildman–Crippen MR) is 75.7 cm³/mol. The molecule has 0 saturated heterocycles. The lowest BCUT2D eigenvalue weighted by Crippen LogP contribution is -2.07. The quantitative estimate of drug-likeness (QED) is 0.897. The third kappa shape index (κ3) is 2.41. The Labute approximate surface area is 117 Å². The molecule has 1 aliphatic rings. The number of aromatic hydroxyl groups is 1. The van der Waals surface area contributed by atoms with E-state index in [1.165, 1.54) is 11.6 Å². The van der Waals surface area contributed by atoms with Gasteiger partial charge < -0.3 is 15.2 Å². The molecule has 2 aromatic carbocycles. The lowest BCUT2D eigenvalue weighted by atomic mass is 10.1. The van der Waals surface area contributed by atoms with Gasteiger partial charge in [0, 0.05) is 23.7 Å². The lowest BCUT2D eigenvalue weighted by Gasteiger charge is -2.17. The van der Waals surface area contributed by atoms with Crippen molar-refractivity contribution < 1.29 is 14.2 Å². The number of hydrogen-bond acceptors (Lipinski definition) is 3. The van der Waals surface area contributed by atoms with Crippen LogP contribution >= 0.6 is 0 Å². The number of benzene rings is 2. The standard InChI is InChI=1S/C16H16FNO2/c1-10(14-4-2-12(17)9-15(14)19)18-13-3-5-16-11(8-13)6-7-20-16/h2-5,8-10,18-19H,6-7H2,1H3. The second-order valence-corrected chi connectivity index (χ2v) is 4.99. The van der Waals surface area contributed by atoms with Gasteiger partial charge >= 0.3 is 0 Å². The largest absolute Gasteiger partial charge is 0.507 e. The molecule has 0 bridgehead atoms. The zero-order valence-corrected chi connectivity index (χ0v) is 11.2. The van der Waals surface area contributed by atoms with E-state index in [1.54, 1.807) is 6.07 Å². The molecule has 1 heterocycles. The molecule has 0 saturated carbocycles. The van der Waals surface area contributed by atoms with Gasteiger partial charge in [-0.25, -0.2) is 4.39 Å². The zero-order valence-electron chi connectivity index (χ0n) is 11.2. The van der Waals surface area contributed by atoms with Crippen LogP contribution in [0.2, 0.25) is 0 Å². The van der Waals surface area contributed by atoms with E-state index >= 15 is 0 Å². The van der Waals surface area contributed by atoms with Crippen LogP contribution in [0.4, 0.5) is 10.1 Å². The number of hydrogen-bond donors (Lipinski definition) is 2. The van der Waals surface area contributed by atoms with Crippen molar-refractivity contribution in [3.05, 3.63) is 53.3 Å². The van der Waals surface area contributed by atoms with E-state index < -0.39 is 5.82 Å². The van der Waals surface area contributed by atoms with Crippen LogP contribution in [0.15, 0.2) is 36.4 Å². The highest BCUT2D eigenvalue weighted by Crippen LogP contribution is 2.31. The number of rotatable bonds is 3. The maximum absolute atomic E-state index is 13.0. The molecule has 1 unspecified atom stereocenters. The Hall–Kier alpha value is -2.23. The molecule has 0 fully saturated rings. The Morgan fingerprint density at radius 3 is 2.90 bits per heavy atom. The first-order valence-electron chi connectivity index (χ1n) is 6.64. The Morgan fingerprint density at radius 1 is 1.25 bits per heavy atom. The number of nitrogens with one attached hydrogen (secondary N) is 1. The van der Waals surface area contributed by atoms with Crippen LogP contribution in [0.5, 0.6) is 11.5 Å². The van der Waals surface area contributed by atoms with Crippen molar-refractivity contribution >= 4 is 5.69 Å². The molecular weight excluding hydrogens is 257 g/mol. The number of phenols is 1. The van der Waals surface area contributed by atoms with Gasteiger partial charge in [-0.1, -0.05) is 6.07 Å². The van der Waals surface area contributed by atoms with E-state index in [0.29, 0.717) is 5.56 Å². The predicted octanol–water partition coefficient (Wildman–Crippen LogP) is 3.64. The highest BCUT2D eigenvalue weighted by Gasteiger charge is 2.14. The summed E-state index contributed by atoms with van der Waals surface area (Å²) in [5.74, 6) is 0.468. The minimum absolute atomic E-state index is 0.0329. The molecule has 0 aliphatic carbocycles. The Bertz CT molecular complexity index is 642. The highest BCUT2D eigenvalue weighted by molar-refractivity contribution is 5.54. The second-order valence-electron chi connectivity index (χ2n) is 4.99. The molecule has 104 valence electrons. The fourth-order valence-corrected chi connectivity index (χ4v) is 2.49. The van der Waals surface area contributed by atoms with Gasteiger partial charge in [0.1, 0.15) is 17.3 Å². The van der Waals surface area contributed by atoms with Crippen molar-refractivity contribution in [2.45, 2.75) is 19.4 Å². The van der Waals surface area contributed by atoms with Crippen LogP contribution in [0.25, 0.3) is 0 Å². The van der Waals surface area contributed by atoms with Crippen LogP contribution in [-0.4, -0.2) is 11.7 Å². The molecule has 2 aromatic rings. The van der Waals surface area contributed by atoms with E-state index in [-0.39, 0.29) is 11.8 Å². The van der Waals surface area contributed by atoms with E-state index in [1.807, 2.05) is 19.1 Å². The normalized spacial score (nSPS) is 14.5. The summed E-state index contributed by atoms with van der Waals surface area (Å²) in [6.07, 6.45) is 0.918. The van der Waals surface area contributed by atoms with E-state index in [4.69, 9.17) is 4.74 Å². The molecule has 2 N–H and O–H groups in total. The molecule has 0 radical (unpaired) electrons. The van der Waals surface area contributed by atoms with Gasteiger partial charge in [0.15, 0.2) is 0 Å². The van der Waals surface area contributed by atoms with E-state index in [0.717, 1.165) is 30.5 Å². The van der Waals surface area contributed by atoms with Crippen molar-refractivity contribution in [3.63, 3.8) is 0 Å². The summed E-state index contributed by atoms with van der Waals surface area (Å²) in [5, 5.41) is 13.1. The number of anilines is 1. The summed E-state index contributed by atoms with van der Waals surface area (Å²) >= 11 is 0. The van der Waals surface area contributed by atoms with Gasteiger partial charge in [0.2, 0.25) is 0 Å². The van der Waals surface area contributed by atoms with Crippen LogP contribution in [0, 0.1) is 5.82 Å². The Kier molecular flexibility index (Phi) is 3.22. The summed E-state index contributed by atoms with van der Waals surface area (Å²) in [7, 11) is 0. The van der Waals surface area contributed by atoms with Crippen LogP contribution < -0.4 is 10.1 Å². The van der Waals surface area contributed by atoms with Crippen molar-refractivity contribution in [1.82, 2.24) is 0 Å². The average molecular weight is 273 g/mol. The van der Waals surface area contributed by atoms with Gasteiger partial charge in [0.25, 0.3) is 0 Å². The highest BCUT2D eigenvalue weighted by atomic mass is 19.1. The summed E-state index contributed by atoms with van der Waals surface area (Å²) in [6, 6.07) is 9.91. The topological polar surface area (TPSA) is 41.5 Å². The second kappa shape index (κ2) is 5.04. The first kappa shape index (κ1) is 12.8.